The molecule has 1 aliphatic rings. The average Bonchev–Trinajstić information content (AvgIpc) is 3.14. The Morgan fingerprint density at radius 1 is 1.41 bits per heavy atom. The predicted octanol–water partition coefficient (Wildman–Crippen LogP) is 2.24. The maximum absolute atomic E-state index is 11.7. The monoisotopic (exact) mass is 233 g/mol. The standard InChI is InChI=1S/C14H19NO2/c1-11-5-3-4-6-13(11)17-10-9-15(2)14(16)12-7-8-12/h3-6,12H,7-10H2,1-2H3. The van der Waals surface area contributed by atoms with Crippen molar-refractivity contribution in [3.8, 4) is 5.75 Å². The van der Waals surface area contributed by atoms with Crippen molar-refractivity contribution >= 4 is 5.91 Å². The zero-order valence-corrected chi connectivity index (χ0v) is 10.5. The van der Waals surface area contributed by atoms with Gasteiger partial charge in [-0.05, 0) is 31.4 Å². The Morgan fingerprint density at radius 2 is 2.12 bits per heavy atom. The molecule has 3 nitrogen and oxygen atoms in total. The lowest BCUT2D eigenvalue weighted by molar-refractivity contribution is -0.131. The lowest BCUT2D eigenvalue weighted by Crippen LogP contribution is -2.31. The average molecular weight is 233 g/mol. The highest BCUT2D eigenvalue weighted by Gasteiger charge is 2.31. The van der Waals surface area contributed by atoms with Gasteiger partial charge >= 0.3 is 0 Å². The molecule has 0 spiro atoms. The van der Waals surface area contributed by atoms with Crippen LogP contribution in [0.3, 0.4) is 0 Å². The molecule has 1 aromatic rings. The van der Waals surface area contributed by atoms with E-state index < -0.39 is 0 Å². The SMILES string of the molecule is Cc1ccccc1OCCN(C)C(=O)C1CC1. The summed E-state index contributed by atoms with van der Waals surface area (Å²) in [6.07, 6.45) is 2.11. The normalized spacial score (nSPS) is 14.5. The number of aryl methyl sites for hydroxylation is 1. The maximum Gasteiger partial charge on any atom is 0.225 e. The molecular formula is C14H19NO2. The lowest BCUT2D eigenvalue weighted by atomic mass is 10.2. The molecule has 0 bridgehead atoms. The van der Waals surface area contributed by atoms with Crippen molar-refractivity contribution in [2.45, 2.75) is 19.8 Å². The van der Waals surface area contributed by atoms with Crippen LogP contribution in [0.5, 0.6) is 5.75 Å². The second-order valence-electron chi connectivity index (χ2n) is 4.65. The first-order chi connectivity index (χ1) is 8.18. The van der Waals surface area contributed by atoms with Gasteiger partial charge in [0, 0.05) is 13.0 Å². The van der Waals surface area contributed by atoms with Crippen LogP contribution in [0.25, 0.3) is 0 Å². The minimum atomic E-state index is 0.262. The number of likely N-dealkylation sites (N-methyl/N-ethyl adjacent to an activating group) is 1. The molecule has 92 valence electrons. The molecule has 0 N–H and O–H groups in total. The number of rotatable bonds is 5. The largest absolute Gasteiger partial charge is 0.491 e. The van der Waals surface area contributed by atoms with Crippen molar-refractivity contribution in [2.24, 2.45) is 5.92 Å². The fourth-order valence-corrected chi connectivity index (χ4v) is 1.76. The molecule has 1 aromatic carbocycles. The molecule has 0 saturated heterocycles. The second-order valence-corrected chi connectivity index (χ2v) is 4.65. The summed E-state index contributed by atoms with van der Waals surface area (Å²) in [4.78, 5) is 13.5. The molecule has 1 fully saturated rings. The number of ether oxygens (including phenoxy) is 1. The summed E-state index contributed by atoms with van der Waals surface area (Å²) in [5.41, 5.74) is 1.13. The lowest BCUT2D eigenvalue weighted by Gasteiger charge is -2.17. The molecule has 0 radical (unpaired) electrons. The van der Waals surface area contributed by atoms with E-state index in [4.69, 9.17) is 4.74 Å². The fraction of sp³-hybridized carbons (Fsp3) is 0.500. The number of hydrogen-bond acceptors (Lipinski definition) is 2. The molecule has 1 saturated carbocycles. The summed E-state index contributed by atoms with van der Waals surface area (Å²) in [5, 5.41) is 0. The molecule has 2 rings (SSSR count). The zero-order valence-electron chi connectivity index (χ0n) is 10.5. The van der Waals surface area contributed by atoms with E-state index in [0.717, 1.165) is 24.2 Å². The van der Waals surface area contributed by atoms with E-state index in [1.807, 2.05) is 38.2 Å². The Balaban J connectivity index is 1.75. The minimum absolute atomic E-state index is 0.262. The van der Waals surface area contributed by atoms with Crippen LogP contribution in [0.4, 0.5) is 0 Å². The van der Waals surface area contributed by atoms with Crippen LogP contribution < -0.4 is 4.74 Å². The van der Waals surface area contributed by atoms with Crippen molar-refractivity contribution in [3.05, 3.63) is 29.8 Å². The maximum atomic E-state index is 11.7. The van der Waals surface area contributed by atoms with Crippen molar-refractivity contribution in [2.75, 3.05) is 20.2 Å². The summed E-state index contributed by atoms with van der Waals surface area (Å²) < 4.78 is 5.66. The van der Waals surface area contributed by atoms with Gasteiger partial charge in [0.05, 0.1) is 6.54 Å². The van der Waals surface area contributed by atoms with Crippen LogP contribution in [0.1, 0.15) is 18.4 Å². The van der Waals surface area contributed by atoms with E-state index in [9.17, 15) is 4.79 Å². The molecule has 17 heavy (non-hydrogen) atoms. The molecule has 3 heteroatoms. The van der Waals surface area contributed by atoms with Gasteiger partial charge in [-0.1, -0.05) is 18.2 Å². The zero-order chi connectivity index (χ0) is 12.3. The van der Waals surface area contributed by atoms with Crippen LogP contribution >= 0.6 is 0 Å². The van der Waals surface area contributed by atoms with Crippen LogP contribution in [0, 0.1) is 12.8 Å². The topological polar surface area (TPSA) is 29.5 Å². The van der Waals surface area contributed by atoms with Crippen molar-refractivity contribution in [1.29, 1.82) is 0 Å². The molecular weight excluding hydrogens is 214 g/mol. The first-order valence-electron chi connectivity index (χ1n) is 6.12. The summed E-state index contributed by atoms with van der Waals surface area (Å²) in [6.45, 7) is 3.23. The fourth-order valence-electron chi connectivity index (χ4n) is 1.76. The van der Waals surface area contributed by atoms with E-state index >= 15 is 0 Å². The third-order valence-corrected chi connectivity index (χ3v) is 3.08. The quantitative estimate of drug-likeness (QED) is 0.780. The van der Waals surface area contributed by atoms with Crippen molar-refractivity contribution < 1.29 is 9.53 Å². The van der Waals surface area contributed by atoms with E-state index in [1.54, 1.807) is 4.90 Å². The van der Waals surface area contributed by atoms with Gasteiger partial charge in [0.15, 0.2) is 0 Å². The highest BCUT2D eigenvalue weighted by atomic mass is 16.5. The first-order valence-corrected chi connectivity index (χ1v) is 6.12. The Morgan fingerprint density at radius 3 is 2.76 bits per heavy atom. The van der Waals surface area contributed by atoms with Gasteiger partial charge in [0.1, 0.15) is 12.4 Å². The molecule has 0 aromatic heterocycles. The predicted molar refractivity (Wildman–Crippen MR) is 67.0 cm³/mol. The highest BCUT2D eigenvalue weighted by molar-refractivity contribution is 5.80. The van der Waals surface area contributed by atoms with Gasteiger partial charge in [-0.25, -0.2) is 0 Å². The first kappa shape index (κ1) is 12.0. The number of nitrogens with zero attached hydrogens (tertiary/aromatic N) is 1. The third kappa shape index (κ3) is 3.22. The molecule has 0 heterocycles. The van der Waals surface area contributed by atoms with E-state index in [1.165, 1.54) is 0 Å². The number of hydrogen-bond donors (Lipinski definition) is 0. The van der Waals surface area contributed by atoms with Gasteiger partial charge in [-0.3, -0.25) is 4.79 Å². The summed E-state index contributed by atoms with van der Waals surface area (Å²) in [7, 11) is 1.85. The van der Waals surface area contributed by atoms with Crippen molar-refractivity contribution in [1.82, 2.24) is 4.90 Å². The van der Waals surface area contributed by atoms with Gasteiger partial charge in [-0.15, -0.1) is 0 Å². The van der Waals surface area contributed by atoms with Crippen molar-refractivity contribution in [3.63, 3.8) is 0 Å². The van der Waals surface area contributed by atoms with Crippen LogP contribution in [-0.2, 0) is 4.79 Å². The Bertz CT molecular complexity index is 399. The highest BCUT2D eigenvalue weighted by Crippen LogP contribution is 2.30. The number of para-hydroxylation sites is 1. The Kier molecular flexibility index (Phi) is 3.67. The van der Waals surface area contributed by atoms with Gasteiger partial charge in [-0.2, -0.15) is 0 Å². The van der Waals surface area contributed by atoms with Gasteiger partial charge in [0.25, 0.3) is 0 Å². The number of benzene rings is 1. The van der Waals surface area contributed by atoms with Gasteiger partial charge < -0.3 is 9.64 Å². The molecule has 1 amide bonds. The number of carbonyl (C=O) groups is 1. The molecule has 0 atom stereocenters. The summed E-state index contributed by atoms with van der Waals surface area (Å²) >= 11 is 0. The van der Waals surface area contributed by atoms with Gasteiger partial charge in [0.2, 0.25) is 5.91 Å². The number of amides is 1. The number of carbonyl (C=O) groups excluding carboxylic acids is 1. The van der Waals surface area contributed by atoms with E-state index in [0.29, 0.717) is 19.1 Å². The Hall–Kier alpha value is -1.51. The second kappa shape index (κ2) is 5.21. The van der Waals surface area contributed by atoms with Crippen LogP contribution in [0.2, 0.25) is 0 Å². The van der Waals surface area contributed by atoms with Crippen LogP contribution in [-0.4, -0.2) is 31.0 Å². The van der Waals surface area contributed by atoms with Crippen LogP contribution in [0.15, 0.2) is 24.3 Å². The minimum Gasteiger partial charge on any atom is -0.491 e. The Labute approximate surface area is 102 Å². The smallest absolute Gasteiger partial charge is 0.225 e. The molecule has 1 aliphatic carbocycles. The third-order valence-electron chi connectivity index (χ3n) is 3.08. The van der Waals surface area contributed by atoms with E-state index in [2.05, 4.69) is 0 Å². The summed E-state index contributed by atoms with van der Waals surface area (Å²) in [5.74, 6) is 1.46. The molecule has 0 aliphatic heterocycles. The van der Waals surface area contributed by atoms with E-state index in [-0.39, 0.29) is 5.91 Å². The summed E-state index contributed by atoms with van der Waals surface area (Å²) in [6, 6.07) is 7.93. The molecule has 0 unspecified atom stereocenters.